The molecule has 0 aliphatic heterocycles. The Bertz CT molecular complexity index is 1090. The van der Waals surface area contributed by atoms with E-state index in [1.54, 1.807) is 4.90 Å². The van der Waals surface area contributed by atoms with E-state index in [0.29, 0.717) is 31.2 Å². The van der Waals surface area contributed by atoms with E-state index in [1.807, 2.05) is 92.7 Å². The van der Waals surface area contributed by atoms with E-state index in [0.717, 1.165) is 22.3 Å². The number of nitrogens with zero attached hydrogens (tertiary/aromatic N) is 1. The molecule has 0 saturated heterocycles. The minimum absolute atomic E-state index is 0.141. The zero-order valence-electron chi connectivity index (χ0n) is 21.2. The Morgan fingerprint density at radius 3 is 2.20 bits per heavy atom. The summed E-state index contributed by atoms with van der Waals surface area (Å²) in [4.78, 5) is 28.6. The summed E-state index contributed by atoms with van der Waals surface area (Å²) in [7, 11) is 0. The molecule has 1 N–H and O–H groups in total. The second-order valence-corrected chi connectivity index (χ2v) is 9.46. The first-order valence-electron chi connectivity index (χ1n) is 12.2. The third-order valence-electron chi connectivity index (χ3n) is 5.77. The molecule has 0 spiro atoms. The van der Waals surface area contributed by atoms with E-state index in [1.165, 1.54) is 0 Å². The second kappa shape index (κ2) is 12.7. The van der Waals surface area contributed by atoms with E-state index >= 15 is 0 Å². The van der Waals surface area contributed by atoms with Crippen LogP contribution in [-0.2, 0) is 22.6 Å². The summed E-state index contributed by atoms with van der Waals surface area (Å²) < 4.78 is 5.82. The van der Waals surface area contributed by atoms with Crippen molar-refractivity contribution in [2.24, 2.45) is 5.92 Å². The van der Waals surface area contributed by atoms with Gasteiger partial charge in [0.05, 0.1) is 0 Å². The molecule has 1 atom stereocenters. The van der Waals surface area contributed by atoms with Gasteiger partial charge in [0.1, 0.15) is 11.8 Å². The van der Waals surface area contributed by atoms with Crippen molar-refractivity contribution in [3.63, 3.8) is 0 Å². The fraction of sp³-hybridized carbons (Fsp3) is 0.333. The van der Waals surface area contributed by atoms with Gasteiger partial charge in [0.25, 0.3) is 5.91 Å². The highest BCUT2D eigenvalue weighted by molar-refractivity contribution is 5.88. The average molecular weight is 473 g/mol. The van der Waals surface area contributed by atoms with Crippen molar-refractivity contribution in [1.82, 2.24) is 10.2 Å². The molecule has 35 heavy (non-hydrogen) atoms. The molecule has 0 fully saturated rings. The number of ether oxygens (including phenoxy) is 1. The summed E-state index contributed by atoms with van der Waals surface area (Å²) >= 11 is 0. The van der Waals surface area contributed by atoms with Gasteiger partial charge < -0.3 is 15.0 Å². The van der Waals surface area contributed by atoms with Gasteiger partial charge in [-0.2, -0.15) is 0 Å². The van der Waals surface area contributed by atoms with Crippen molar-refractivity contribution >= 4 is 11.8 Å². The lowest BCUT2D eigenvalue weighted by Crippen LogP contribution is -2.52. The lowest BCUT2D eigenvalue weighted by atomic mass is 10.0. The molecule has 2 amide bonds. The van der Waals surface area contributed by atoms with Crippen LogP contribution in [0, 0.1) is 19.8 Å². The zero-order chi connectivity index (χ0) is 25.2. The van der Waals surface area contributed by atoms with Crippen molar-refractivity contribution in [1.29, 1.82) is 0 Å². The summed E-state index contributed by atoms with van der Waals surface area (Å²) in [5, 5.41) is 3.04. The van der Waals surface area contributed by atoms with E-state index in [2.05, 4.69) is 19.2 Å². The van der Waals surface area contributed by atoms with Gasteiger partial charge in [0.15, 0.2) is 6.61 Å². The number of rotatable bonds is 11. The number of carbonyl (C=O) groups excluding carboxylic acids is 2. The number of benzene rings is 3. The maximum Gasteiger partial charge on any atom is 0.261 e. The van der Waals surface area contributed by atoms with Crippen molar-refractivity contribution in [2.45, 2.75) is 46.7 Å². The summed E-state index contributed by atoms with van der Waals surface area (Å²) in [6, 6.07) is 24.8. The molecule has 5 nitrogen and oxygen atoms in total. The molecule has 3 aromatic carbocycles. The first kappa shape index (κ1) is 26.0. The Balaban J connectivity index is 1.89. The number of aryl methyl sites for hydroxylation is 2. The summed E-state index contributed by atoms with van der Waals surface area (Å²) in [6.07, 6.45) is 0.423. The Morgan fingerprint density at radius 2 is 1.54 bits per heavy atom. The molecule has 3 rings (SSSR count). The Morgan fingerprint density at radius 1 is 0.857 bits per heavy atom. The number of amides is 2. The molecule has 0 aliphatic carbocycles. The van der Waals surface area contributed by atoms with Gasteiger partial charge in [0, 0.05) is 19.5 Å². The maximum atomic E-state index is 13.6. The van der Waals surface area contributed by atoms with Gasteiger partial charge in [0.2, 0.25) is 5.91 Å². The highest BCUT2D eigenvalue weighted by Crippen LogP contribution is 2.17. The standard InChI is InChI=1S/C30H36N2O3/c1-22(2)19-31-30(34)28(18-25-10-6-5-7-11-25)32(20-26-12-8-9-24(4)17-26)29(33)21-35-27-15-13-23(3)14-16-27/h5-17,22,28H,18-21H2,1-4H3,(H,31,34)/t28-/m1/s1. The number of hydrogen-bond acceptors (Lipinski definition) is 3. The minimum Gasteiger partial charge on any atom is -0.484 e. The van der Waals surface area contributed by atoms with Crippen LogP contribution in [0.3, 0.4) is 0 Å². The first-order valence-corrected chi connectivity index (χ1v) is 12.2. The summed E-state index contributed by atoms with van der Waals surface area (Å²) in [6.45, 7) is 8.86. The number of nitrogens with one attached hydrogen (secondary N) is 1. The minimum atomic E-state index is -0.661. The Hall–Kier alpha value is -3.60. The van der Waals surface area contributed by atoms with Crippen LogP contribution in [-0.4, -0.2) is 35.9 Å². The third kappa shape index (κ3) is 8.29. The van der Waals surface area contributed by atoms with Crippen LogP contribution >= 0.6 is 0 Å². The highest BCUT2D eigenvalue weighted by Gasteiger charge is 2.30. The van der Waals surface area contributed by atoms with E-state index in [9.17, 15) is 9.59 Å². The molecule has 5 heteroatoms. The fourth-order valence-electron chi connectivity index (χ4n) is 3.85. The Kier molecular flexibility index (Phi) is 9.47. The van der Waals surface area contributed by atoms with Crippen LogP contribution in [0.25, 0.3) is 0 Å². The van der Waals surface area contributed by atoms with Gasteiger partial charge in [-0.05, 0) is 43.0 Å². The van der Waals surface area contributed by atoms with Crippen molar-refractivity contribution in [2.75, 3.05) is 13.2 Å². The molecule has 184 valence electrons. The SMILES string of the molecule is Cc1ccc(OCC(=O)N(Cc2cccc(C)c2)[C@H](Cc2ccccc2)C(=O)NCC(C)C)cc1. The van der Waals surface area contributed by atoms with Crippen molar-refractivity contribution in [3.8, 4) is 5.75 Å². The van der Waals surface area contributed by atoms with Gasteiger partial charge in [-0.3, -0.25) is 9.59 Å². The van der Waals surface area contributed by atoms with Crippen LogP contribution in [0.2, 0.25) is 0 Å². The summed E-state index contributed by atoms with van der Waals surface area (Å²) in [5.74, 6) is 0.553. The van der Waals surface area contributed by atoms with Crippen molar-refractivity contribution in [3.05, 3.63) is 101 Å². The van der Waals surface area contributed by atoms with Crippen LogP contribution in [0.4, 0.5) is 0 Å². The lowest BCUT2D eigenvalue weighted by Gasteiger charge is -2.31. The van der Waals surface area contributed by atoms with Gasteiger partial charge >= 0.3 is 0 Å². The quantitative estimate of drug-likeness (QED) is 0.423. The molecule has 0 aromatic heterocycles. The highest BCUT2D eigenvalue weighted by atomic mass is 16.5. The van der Waals surface area contributed by atoms with Gasteiger partial charge in [-0.25, -0.2) is 0 Å². The second-order valence-electron chi connectivity index (χ2n) is 9.46. The lowest BCUT2D eigenvalue weighted by molar-refractivity contribution is -0.142. The van der Waals surface area contributed by atoms with Gasteiger partial charge in [-0.15, -0.1) is 0 Å². The largest absolute Gasteiger partial charge is 0.484 e. The maximum absolute atomic E-state index is 13.6. The van der Waals surface area contributed by atoms with E-state index < -0.39 is 6.04 Å². The number of hydrogen-bond donors (Lipinski definition) is 1. The molecule has 0 aliphatic rings. The van der Waals surface area contributed by atoms with Crippen LogP contribution < -0.4 is 10.1 Å². The average Bonchev–Trinajstić information content (AvgIpc) is 2.85. The predicted molar refractivity (Wildman–Crippen MR) is 140 cm³/mol. The molecule has 0 bridgehead atoms. The molecular formula is C30H36N2O3. The molecule has 0 saturated carbocycles. The number of carbonyl (C=O) groups is 2. The van der Waals surface area contributed by atoms with E-state index in [4.69, 9.17) is 4.74 Å². The topological polar surface area (TPSA) is 58.6 Å². The first-order chi connectivity index (χ1) is 16.8. The molecule has 0 radical (unpaired) electrons. The molecular weight excluding hydrogens is 436 g/mol. The molecule has 3 aromatic rings. The monoisotopic (exact) mass is 472 g/mol. The molecule has 0 heterocycles. The normalized spacial score (nSPS) is 11.7. The summed E-state index contributed by atoms with van der Waals surface area (Å²) in [5.41, 5.74) is 4.20. The van der Waals surface area contributed by atoms with E-state index in [-0.39, 0.29) is 18.4 Å². The fourth-order valence-corrected chi connectivity index (χ4v) is 3.85. The third-order valence-corrected chi connectivity index (χ3v) is 5.77. The Labute approximate surface area is 209 Å². The zero-order valence-corrected chi connectivity index (χ0v) is 21.2. The molecule has 0 unspecified atom stereocenters. The van der Waals surface area contributed by atoms with Gasteiger partial charge in [-0.1, -0.05) is 91.7 Å². The van der Waals surface area contributed by atoms with Crippen molar-refractivity contribution < 1.29 is 14.3 Å². The smallest absolute Gasteiger partial charge is 0.261 e. The van der Waals surface area contributed by atoms with Crippen LogP contribution in [0.5, 0.6) is 5.75 Å². The van der Waals surface area contributed by atoms with Crippen LogP contribution in [0.1, 0.15) is 36.1 Å². The van der Waals surface area contributed by atoms with Crippen LogP contribution in [0.15, 0.2) is 78.9 Å². The predicted octanol–water partition coefficient (Wildman–Crippen LogP) is 5.09.